The third kappa shape index (κ3) is 4.00. The van der Waals surface area contributed by atoms with Crippen molar-refractivity contribution >= 4 is 43.9 Å². The molecule has 0 spiro atoms. The van der Waals surface area contributed by atoms with Crippen molar-refractivity contribution in [2.75, 3.05) is 12.3 Å². The van der Waals surface area contributed by atoms with Crippen molar-refractivity contribution in [3.63, 3.8) is 0 Å². The number of nitrogens with zero attached hydrogens (tertiary/aromatic N) is 2. The van der Waals surface area contributed by atoms with Crippen LogP contribution < -0.4 is 5.73 Å². The number of nitrogens with two attached hydrogens (primary N) is 1. The van der Waals surface area contributed by atoms with E-state index in [9.17, 15) is 17.8 Å². The number of nitrogen functional groups attached to an aromatic ring is 1. The van der Waals surface area contributed by atoms with Crippen LogP contribution in [0.25, 0.3) is 10.8 Å². The number of carbonyl (C=O) groups excluding carboxylic acids is 1. The number of hydrogen-bond donors (Lipinski definition) is 2. The number of esters is 1. The van der Waals surface area contributed by atoms with Crippen LogP contribution in [-0.4, -0.2) is 25.5 Å². The van der Waals surface area contributed by atoms with Crippen LogP contribution in [0.15, 0.2) is 69.7 Å². The zero-order valence-corrected chi connectivity index (χ0v) is 15.7. The largest absolute Gasteiger partial charge is 0.462 e. The number of benzene rings is 3. The van der Waals surface area contributed by atoms with Gasteiger partial charge in [-0.05, 0) is 37.3 Å². The van der Waals surface area contributed by atoms with Gasteiger partial charge in [-0.3, -0.25) is 4.55 Å². The maximum Gasteiger partial charge on any atom is 0.338 e. The Morgan fingerprint density at radius 1 is 1.07 bits per heavy atom. The Bertz CT molecular complexity index is 1170. The molecule has 0 saturated carbocycles. The van der Waals surface area contributed by atoms with Crippen LogP contribution in [0, 0.1) is 0 Å². The van der Waals surface area contributed by atoms with Crippen molar-refractivity contribution in [3.05, 3.63) is 60.2 Å². The Balaban J connectivity index is 2.00. The number of fused-ring (bicyclic) bond motifs is 1. The van der Waals surface area contributed by atoms with E-state index in [0.29, 0.717) is 22.0 Å². The van der Waals surface area contributed by atoms with Gasteiger partial charge in [0.1, 0.15) is 10.6 Å². The summed E-state index contributed by atoms with van der Waals surface area (Å²) in [5, 5.41) is 8.78. The molecule has 8 nitrogen and oxygen atoms in total. The molecule has 0 saturated heterocycles. The molecule has 3 aromatic carbocycles. The van der Waals surface area contributed by atoms with E-state index in [0.717, 1.165) is 0 Å². The van der Waals surface area contributed by atoms with Gasteiger partial charge in [-0.1, -0.05) is 24.3 Å². The van der Waals surface area contributed by atoms with Gasteiger partial charge in [-0.25, -0.2) is 4.79 Å². The summed E-state index contributed by atoms with van der Waals surface area (Å²) < 4.78 is 37.9. The molecule has 3 aromatic rings. The van der Waals surface area contributed by atoms with Gasteiger partial charge in [0, 0.05) is 10.8 Å². The lowest BCUT2D eigenvalue weighted by Crippen LogP contribution is -2.03. The fraction of sp³-hybridized carbons (Fsp3) is 0.105. The summed E-state index contributed by atoms with van der Waals surface area (Å²) in [6, 6.07) is 13.9. The molecule has 0 fully saturated rings. The van der Waals surface area contributed by atoms with Crippen LogP contribution in [0.2, 0.25) is 0 Å². The predicted octanol–water partition coefficient (Wildman–Crippen LogP) is 4.26. The topological polar surface area (TPSA) is 131 Å². The molecular weight excluding hydrogens is 382 g/mol. The van der Waals surface area contributed by atoms with Gasteiger partial charge in [0.25, 0.3) is 10.1 Å². The quantitative estimate of drug-likeness (QED) is 0.285. The summed E-state index contributed by atoms with van der Waals surface area (Å²) in [5.41, 5.74) is 7.23. The Labute approximate surface area is 161 Å². The van der Waals surface area contributed by atoms with Gasteiger partial charge in [-0.15, -0.1) is 5.11 Å². The second kappa shape index (κ2) is 7.75. The molecule has 0 heterocycles. The molecule has 3 rings (SSSR count). The molecule has 0 radical (unpaired) electrons. The third-order valence-electron chi connectivity index (χ3n) is 3.96. The standard InChI is InChI=1S/C19H17N3O5S/c1-2-27-19(23)12-7-9-13(10-8-12)21-22-16-11-17(28(24,25)26)14-5-3-4-6-15(14)18(16)20/h3-11H,2,20H2,1H3,(H,24,25,26)/b22-21+. The van der Waals surface area contributed by atoms with Crippen molar-refractivity contribution in [2.24, 2.45) is 10.2 Å². The predicted molar refractivity (Wildman–Crippen MR) is 105 cm³/mol. The number of hydrogen-bond acceptors (Lipinski definition) is 7. The highest BCUT2D eigenvalue weighted by molar-refractivity contribution is 7.86. The molecule has 144 valence electrons. The maximum atomic E-state index is 11.7. The van der Waals surface area contributed by atoms with Crippen LogP contribution in [0.3, 0.4) is 0 Å². The van der Waals surface area contributed by atoms with E-state index < -0.39 is 16.1 Å². The van der Waals surface area contributed by atoms with Crippen LogP contribution >= 0.6 is 0 Å². The minimum atomic E-state index is -4.48. The zero-order valence-electron chi connectivity index (χ0n) is 14.9. The lowest BCUT2D eigenvalue weighted by Gasteiger charge is -2.09. The number of azo groups is 1. The molecule has 0 unspecified atom stereocenters. The van der Waals surface area contributed by atoms with E-state index in [1.54, 1.807) is 55.5 Å². The summed E-state index contributed by atoms with van der Waals surface area (Å²) in [5.74, 6) is -0.442. The summed E-state index contributed by atoms with van der Waals surface area (Å²) in [7, 11) is -4.48. The van der Waals surface area contributed by atoms with Crippen LogP contribution in [-0.2, 0) is 14.9 Å². The highest BCUT2D eigenvalue weighted by Gasteiger charge is 2.18. The molecular formula is C19H17N3O5S. The smallest absolute Gasteiger partial charge is 0.338 e. The molecule has 0 atom stereocenters. The Morgan fingerprint density at radius 3 is 2.32 bits per heavy atom. The lowest BCUT2D eigenvalue weighted by atomic mass is 10.1. The average molecular weight is 399 g/mol. The Kier molecular flexibility index (Phi) is 5.39. The highest BCUT2D eigenvalue weighted by atomic mass is 32.2. The molecule has 0 aromatic heterocycles. The van der Waals surface area contributed by atoms with Gasteiger partial charge >= 0.3 is 5.97 Å². The molecule has 0 aliphatic rings. The van der Waals surface area contributed by atoms with Crippen molar-refractivity contribution in [2.45, 2.75) is 11.8 Å². The van der Waals surface area contributed by atoms with E-state index in [4.69, 9.17) is 10.5 Å². The first kappa shape index (κ1) is 19.5. The first-order valence-corrected chi connectivity index (χ1v) is 9.73. The molecule has 28 heavy (non-hydrogen) atoms. The molecule has 0 aliphatic heterocycles. The molecule has 0 aliphatic carbocycles. The summed E-state index contributed by atoms with van der Waals surface area (Å²) >= 11 is 0. The number of rotatable bonds is 5. The maximum absolute atomic E-state index is 11.7. The van der Waals surface area contributed by atoms with Gasteiger partial charge < -0.3 is 10.5 Å². The van der Waals surface area contributed by atoms with Gasteiger partial charge in [0.2, 0.25) is 0 Å². The normalized spacial score (nSPS) is 11.8. The summed E-state index contributed by atoms with van der Waals surface area (Å²) in [6.07, 6.45) is 0. The van der Waals surface area contributed by atoms with Crippen molar-refractivity contribution in [1.29, 1.82) is 0 Å². The Morgan fingerprint density at radius 2 is 1.71 bits per heavy atom. The monoisotopic (exact) mass is 399 g/mol. The van der Waals surface area contributed by atoms with E-state index in [-0.39, 0.29) is 22.9 Å². The van der Waals surface area contributed by atoms with E-state index in [1.165, 1.54) is 6.07 Å². The minimum absolute atomic E-state index is 0.0980. The fourth-order valence-electron chi connectivity index (χ4n) is 2.64. The fourth-order valence-corrected chi connectivity index (χ4v) is 3.35. The molecule has 0 bridgehead atoms. The average Bonchev–Trinajstić information content (AvgIpc) is 2.67. The van der Waals surface area contributed by atoms with Crippen molar-refractivity contribution < 1.29 is 22.5 Å². The number of carbonyl (C=O) groups is 1. The van der Waals surface area contributed by atoms with Crippen LogP contribution in [0.4, 0.5) is 17.1 Å². The third-order valence-corrected chi connectivity index (χ3v) is 4.85. The van der Waals surface area contributed by atoms with Crippen molar-refractivity contribution in [3.8, 4) is 0 Å². The molecule has 9 heteroatoms. The second-order valence-electron chi connectivity index (χ2n) is 5.80. The molecule has 3 N–H and O–H groups in total. The first-order chi connectivity index (χ1) is 13.3. The lowest BCUT2D eigenvalue weighted by molar-refractivity contribution is 0.0526. The minimum Gasteiger partial charge on any atom is -0.462 e. The first-order valence-electron chi connectivity index (χ1n) is 8.29. The molecule has 0 amide bonds. The summed E-state index contributed by atoms with van der Waals surface area (Å²) in [4.78, 5) is 11.4. The van der Waals surface area contributed by atoms with Crippen molar-refractivity contribution in [1.82, 2.24) is 0 Å². The highest BCUT2D eigenvalue weighted by Crippen LogP contribution is 2.36. The van der Waals surface area contributed by atoms with Gasteiger partial charge in [-0.2, -0.15) is 13.5 Å². The zero-order chi connectivity index (χ0) is 20.3. The second-order valence-corrected chi connectivity index (χ2v) is 7.19. The van der Waals surface area contributed by atoms with Crippen LogP contribution in [0.1, 0.15) is 17.3 Å². The van der Waals surface area contributed by atoms with E-state index in [2.05, 4.69) is 10.2 Å². The Hall–Kier alpha value is -3.30. The number of anilines is 1. The number of ether oxygens (including phenoxy) is 1. The van der Waals surface area contributed by atoms with E-state index >= 15 is 0 Å². The summed E-state index contributed by atoms with van der Waals surface area (Å²) in [6.45, 7) is 1.99. The van der Waals surface area contributed by atoms with Gasteiger partial charge in [0.15, 0.2) is 0 Å². The van der Waals surface area contributed by atoms with Crippen LogP contribution in [0.5, 0.6) is 0 Å². The van der Waals surface area contributed by atoms with Gasteiger partial charge in [0.05, 0.1) is 23.5 Å². The SMILES string of the molecule is CCOC(=O)c1ccc(/N=N/c2cc(S(=O)(=O)O)c3ccccc3c2N)cc1. The van der Waals surface area contributed by atoms with E-state index in [1.807, 2.05) is 0 Å².